The molecule has 0 bridgehead atoms. The van der Waals surface area contributed by atoms with Crippen LogP contribution in [0.25, 0.3) is 0 Å². The highest BCUT2D eigenvalue weighted by Crippen LogP contribution is 2.09. The maximum Gasteiger partial charge on any atom is -0.00979 e. The molecule has 0 aliphatic heterocycles. The lowest BCUT2D eigenvalue weighted by atomic mass is 10.1. The summed E-state index contributed by atoms with van der Waals surface area (Å²) in [6.07, 6.45) is 20.5. The summed E-state index contributed by atoms with van der Waals surface area (Å²) in [5, 5.41) is 0. The van der Waals surface area contributed by atoms with Crippen LogP contribution in [0.3, 0.4) is 0 Å². The number of hydrogen-bond donors (Lipinski definition) is 0. The number of rotatable bonds is 0. The van der Waals surface area contributed by atoms with Gasteiger partial charge >= 0.3 is 0 Å². The molecular weight excluding hydrogens is 144 g/mol. The fraction of sp³-hybridized carbons (Fsp3) is 0.667. The van der Waals surface area contributed by atoms with Crippen molar-refractivity contribution in [3.63, 3.8) is 0 Å². The van der Waals surface area contributed by atoms with Crippen molar-refractivity contribution in [3.05, 3.63) is 24.3 Å². The quantitative estimate of drug-likeness (QED) is 0.473. The van der Waals surface area contributed by atoms with Crippen molar-refractivity contribution in [2.45, 2.75) is 51.4 Å². The van der Waals surface area contributed by atoms with Gasteiger partial charge in [0.1, 0.15) is 0 Å². The van der Waals surface area contributed by atoms with E-state index in [4.69, 9.17) is 0 Å². The Balaban J connectivity index is 2.20. The van der Waals surface area contributed by atoms with Crippen LogP contribution in [-0.2, 0) is 0 Å². The molecule has 0 saturated heterocycles. The molecule has 0 saturated carbocycles. The molecule has 0 unspecified atom stereocenters. The Labute approximate surface area is 76.4 Å². The van der Waals surface area contributed by atoms with Crippen LogP contribution in [-0.4, -0.2) is 0 Å². The summed E-state index contributed by atoms with van der Waals surface area (Å²) in [5.41, 5.74) is 0. The van der Waals surface area contributed by atoms with E-state index in [1.165, 1.54) is 44.9 Å². The predicted octanol–water partition coefficient (Wildman–Crippen LogP) is 4.04. The molecule has 0 fully saturated rings. The van der Waals surface area contributed by atoms with Gasteiger partial charge in [-0.1, -0.05) is 37.5 Å². The minimum atomic E-state index is 1.01. The Kier molecular flexibility index (Phi) is 5.70. The smallest absolute Gasteiger partial charge is 0.00979 e. The Hall–Kier alpha value is -0.520. The van der Waals surface area contributed by atoms with E-state index < -0.39 is 0 Å². The van der Waals surface area contributed by atoms with E-state index in [1.54, 1.807) is 0 Å². The Bertz CT molecular complexity index is 126. The largest absolute Gasteiger partial charge is 0.0882 e. The van der Waals surface area contributed by atoms with Crippen molar-refractivity contribution in [2.24, 2.45) is 0 Å². The fourth-order valence-electron chi connectivity index (χ4n) is 1.49. The van der Waals surface area contributed by atoms with Crippen LogP contribution < -0.4 is 0 Å². The van der Waals surface area contributed by atoms with Crippen molar-refractivity contribution in [1.82, 2.24) is 0 Å². The normalized spacial score (nSPS) is 26.7. The summed E-state index contributed by atoms with van der Waals surface area (Å²) >= 11 is 0. The monoisotopic (exact) mass is 163 g/mol. The van der Waals surface area contributed by atoms with Gasteiger partial charge in [0.05, 0.1) is 0 Å². The second kappa shape index (κ2) is 7.15. The van der Waals surface area contributed by atoms with Crippen LogP contribution >= 0.6 is 0 Å². The first-order valence-corrected chi connectivity index (χ1v) is 5.20. The lowest BCUT2D eigenvalue weighted by molar-refractivity contribution is 0.620. The van der Waals surface area contributed by atoms with Crippen LogP contribution in [0.4, 0.5) is 0 Å². The van der Waals surface area contributed by atoms with E-state index >= 15 is 0 Å². The highest BCUT2D eigenvalue weighted by Gasteiger charge is 1.89. The summed E-state index contributed by atoms with van der Waals surface area (Å²) in [6, 6.07) is 0. The van der Waals surface area contributed by atoms with Crippen molar-refractivity contribution in [3.8, 4) is 0 Å². The SMILES string of the molecule is [C]1=C\CCCCCCC/C=C\C/1. The average Bonchev–Trinajstić information content (AvgIpc) is 2.05. The van der Waals surface area contributed by atoms with E-state index in [2.05, 4.69) is 24.3 Å². The molecule has 67 valence electrons. The Morgan fingerprint density at radius 2 is 1.50 bits per heavy atom. The first-order valence-electron chi connectivity index (χ1n) is 5.20. The lowest BCUT2D eigenvalue weighted by Crippen LogP contribution is -1.79. The molecule has 0 nitrogen and oxygen atoms in total. The van der Waals surface area contributed by atoms with Gasteiger partial charge < -0.3 is 0 Å². The maximum absolute atomic E-state index is 3.29. The van der Waals surface area contributed by atoms with E-state index in [0.717, 1.165) is 6.42 Å². The first kappa shape index (κ1) is 9.57. The molecule has 0 atom stereocenters. The van der Waals surface area contributed by atoms with E-state index in [-0.39, 0.29) is 0 Å². The van der Waals surface area contributed by atoms with Crippen molar-refractivity contribution in [1.29, 1.82) is 0 Å². The summed E-state index contributed by atoms with van der Waals surface area (Å²) in [7, 11) is 0. The second-order valence-electron chi connectivity index (χ2n) is 3.43. The Morgan fingerprint density at radius 1 is 0.750 bits per heavy atom. The highest BCUT2D eigenvalue weighted by atomic mass is 14.0. The summed E-state index contributed by atoms with van der Waals surface area (Å²) < 4.78 is 0. The van der Waals surface area contributed by atoms with E-state index in [0.29, 0.717) is 0 Å². The molecule has 1 rings (SSSR count). The van der Waals surface area contributed by atoms with Gasteiger partial charge in [-0.05, 0) is 38.2 Å². The molecule has 12 heavy (non-hydrogen) atoms. The molecule has 0 spiro atoms. The minimum absolute atomic E-state index is 1.01. The lowest BCUT2D eigenvalue weighted by Gasteiger charge is -1.99. The van der Waals surface area contributed by atoms with Crippen molar-refractivity contribution < 1.29 is 0 Å². The predicted molar refractivity (Wildman–Crippen MR) is 53.9 cm³/mol. The zero-order valence-electron chi connectivity index (χ0n) is 7.89. The molecule has 0 N–H and O–H groups in total. The van der Waals surface area contributed by atoms with Gasteiger partial charge in [-0.15, -0.1) is 0 Å². The zero-order valence-corrected chi connectivity index (χ0v) is 7.89. The Morgan fingerprint density at radius 3 is 2.42 bits per heavy atom. The van der Waals surface area contributed by atoms with Crippen LogP contribution in [0, 0.1) is 6.08 Å². The van der Waals surface area contributed by atoms with Crippen LogP contribution in [0.5, 0.6) is 0 Å². The third kappa shape index (κ3) is 5.17. The van der Waals surface area contributed by atoms with Gasteiger partial charge in [0.25, 0.3) is 0 Å². The second-order valence-corrected chi connectivity index (χ2v) is 3.43. The van der Waals surface area contributed by atoms with Gasteiger partial charge in [-0.25, -0.2) is 0 Å². The highest BCUT2D eigenvalue weighted by molar-refractivity contribution is 4.88. The van der Waals surface area contributed by atoms with Crippen LogP contribution in [0.1, 0.15) is 51.4 Å². The summed E-state index contributed by atoms with van der Waals surface area (Å²) in [5.74, 6) is 0. The first-order chi connectivity index (χ1) is 6.00. The molecule has 0 heteroatoms. The maximum atomic E-state index is 3.29. The van der Waals surface area contributed by atoms with E-state index in [9.17, 15) is 0 Å². The molecule has 0 heterocycles. The molecule has 0 aromatic heterocycles. The third-order valence-electron chi connectivity index (χ3n) is 2.27. The fourth-order valence-corrected chi connectivity index (χ4v) is 1.49. The van der Waals surface area contributed by atoms with Gasteiger partial charge in [-0.3, -0.25) is 0 Å². The molecule has 1 aliphatic rings. The standard InChI is InChI=1S/C12H19/c1-2-4-6-8-10-12-11-9-7-5-3-1/h1-2,8H,3-5,7,9-12H2/b2-1-,8-6?. The molecule has 1 radical (unpaired) electrons. The van der Waals surface area contributed by atoms with Gasteiger partial charge in [0, 0.05) is 0 Å². The van der Waals surface area contributed by atoms with Crippen molar-refractivity contribution in [2.75, 3.05) is 0 Å². The number of allylic oxidation sites excluding steroid dienone is 4. The molecule has 0 amide bonds. The summed E-state index contributed by atoms with van der Waals surface area (Å²) in [6.45, 7) is 0. The molecular formula is C12H19. The van der Waals surface area contributed by atoms with Crippen molar-refractivity contribution >= 4 is 0 Å². The molecule has 1 aliphatic carbocycles. The van der Waals surface area contributed by atoms with Gasteiger partial charge in [0.15, 0.2) is 0 Å². The van der Waals surface area contributed by atoms with Gasteiger partial charge in [-0.2, -0.15) is 0 Å². The number of hydrogen-bond acceptors (Lipinski definition) is 0. The van der Waals surface area contributed by atoms with E-state index in [1.807, 2.05) is 0 Å². The molecule has 0 aromatic carbocycles. The van der Waals surface area contributed by atoms with Crippen LogP contribution in [0.15, 0.2) is 18.2 Å². The average molecular weight is 163 g/mol. The minimum Gasteiger partial charge on any atom is -0.0882 e. The van der Waals surface area contributed by atoms with Crippen LogP contribution in [0.2, 0.25) is 0 Å². The molecule has 0 aromatic rings. The topological polar surface area (TPSA) is 0 Å². The van der Waals surface area contributed by atoms with Gasteiger partial charge in [0.2, 0.25) is 0 Å². The summed E-state index contributed by atoms with van der Waals surface area (Å²) in [4.78, 5) is 0. The zero-order chi connectivity index (χ0) is 8.49. The third-order valence-corrected chi connectivity index (χ3v) is 2.27.